The largest absolute Gasteiger partial charge is 0.496 e. The van der Waals surface area contributed by atoms with E-state index in [2.05, 4.69) is 5.16 Å². The molecule has 0 radical (unpaired) electrons. The maximum atomic E-state index is 13.3. The summed E-state index contributed by atoms with van der Waals surface area (Å²) in [6, 6.07) is 4.94. The summed E-state index contributed by atoms with van der Waals surface area (Å²) in [5.41, 5.74) is -0.330. The summed E-state index contributed by atoms with van der Waals surface area (Å²) < 4.78 is 36.6. The maximum absolute atomic E-state index is 13.3. The van der Waals surface area contributed by atoms with Crippen LogP contribution in [0.1, 0.15) is 23.0 Å². The monoisotopic (exact) mass is 283 g/mol. The lowest BCUT2D eigenvalue weighted by molar-refractivity contribution is 0.0174. The third-order valence-corrected chi connectivity index (χ3v) is 2.70. The van der Waals surface area contributed by atoms with Crippen LogP contribution in [0.25, 0.3) is 11.3 Å². The Balaban J connectivity index is 2.55. The van der Waals surface area contributed by atoms with Crippen LogP contribution in [0.2, 0.25) is 0 Å². The molecular formula is C13H11F2NO4. The van der Waals surface area contributed by atoms with Gasteiger partial charge in [0.15, 0.2) is 11.5 Å². The number of alkyl halides is 2. The molecule has 1 aromatic carbocycles. The number of hydrogen-bond acceptors (Lipinski definition) is 4. The molecule has 2 rings (SSSR count). The van der Waals surface area contributed by atoms with Gasteiger partial charge in [0.2, 0.25) is 0 Å². The smallest absolute Gasteiger partial charge is 0.358 e. The fourth-order valence-electron chi connectivity index (χ4n) is 1.68. The first-order chi connectivity index (χ1) is 9.32. The number of nitrogens with zero attached hydrogens (tertiary/aromatic N) is 1. The molecule has 1 heterocycles. The lowest BCUT2D eigenvalue weighted by Gasteiger charge is -2.13. The normalized spacial score (nSPS) is 11.4. The van der Waals surface area contributed by atoms with Crippen molar-refractivity contribution in [3.63, 3.8) is 0 Å². The zero-order chi connectivity index (χ0) is 14.9. The second-order valence-electron chi connectivity index (χ2n) is 4.18. The minimum absolute atomic E-state index is 0.0466. The van der Waals surface area contributed by atoms with E-state index in [1.807, 2.05) is 0 Å². The van der Waals surface area contributed by atoms with Gasteiger partial charge in [-0.25, -0.2) is 13.6 Å². The number of methoxy groups -OCH3 is 1. The lowest BCUT2D eigenvalue weighted by atomic mass is 10.0. The van der Waals surface area contributed by atoms with E-state index < -0.39 is 11.9 Å². The Bertz CT molecular complexity index is 646. The summed E-state index contributed by atoms with van der Waals surface area (Å²) in [6.07, 6.45) is 0. The molecular weight excluding hydrogens is 272 g/mol. The summed E-state index contributed by atoms with van der Waals surface area (Å²) in [5, 5.41) is 12.1. The molecule has 2 aromatic rings. The zero-order valence-corrected chi connectivity index (χ0v) is 10.7. The Morgan fingerprint density at radius 3 is 2.60 bits per heavy atom. The van der Waals surface area contributed by atoms with E-state index >= 15 is 0 Å². The van der Waals surface area contributed by atoms with Crippen LogP contribution in [-0.2, 0) is 5.92 Å². The fourth-order valence-corrected chi connectivity index (χ4v) is 1.68. The van der Waals surface area contributed by atoms with Gasteiger partial charge in [-0.3, -0.25) is 0 Å². The number of halogens is 2. The van der Waals surface area contributed by atoms with Crippen molar-refractivity contribution in [3.8, 4) is 17.1 Å². The van der Waals surface area contributed by atoms with Gasteiger partial charge < -0.3 is 14.4 Å². The lowest BCUT2D eigenvalue weighted by Crippen LogP contribution is -2.07. The first-order valence-corrected chi connectivity index (χ1v) is 5.59. The third-order valence-electron chi connectivity index (χ3n) is 2.70. The molecule has 5 nitrogen and oxygen atoms in total. The van der Waals surface area contributed by atoms with Crippen LogP contribution >= 0.6 is 0 Å². The molecule has 0 unspecified atom stereocenters. The number of aromatic nitrogens is 1. The number of hydrogen-bond donors (Lipinski definition) is 1. The predicted octanol–water partition coefficient (Wildman–Crippen LogP) is 3.16. The highest BCUT2D eigenvalue weighted by molar-refractivity contribution is 5.86. The molecule has 0 amide bonds. The molecule has 0 atom stereocenters. The topological polar surface area (TPSA) is 72.6 Å². The molecule has 0 aliphatic carbocycles. The van der Waals surface area contributed by atoms with E-state index in [4.69, 9.17) is 14.4 Å². The predicted molar refractivity (Wildman–Crippen MR) is 65.0 cm³/mol. The van der Waals surface area contributed by atoms with E-state index in [-0.39, 0.29) is 28.3 Å². The van der Waals surface area contributed by atoms with Crippen LogP contribution in [0.3, 0.4) is 0 Å². The Kier molecular flexibility index (Phi) is 3.44. The zero-order valence-electron chi connectivity index (χ0n) is 10.7. The van der Waals surface area contributed by atoms with Crippen molar-refractivity contribution in [1.82, 2.24) is 5.16 Å². The highest BCUT2D eigenvalue weighted by atomic mass is 19.3. The minimum Gasteiger partial charge on any atom is -0.496 e. The van der Waals surface area contributed by atoms with E-state index in [9.17, 15) is 13.6 Å². The Labute approximate surface area is 112 Å². The van der Waals surface area contributed by atoms with Crippen molar-refractivity contribution in [1.29, 1.82) is 0 Å². The summed E-state index contributed by atoms with van der Waals surface area (Å²) >= 11 is 0. The number of benzene rings is 1. The van der Waals surface area contributed by atoms with Crippen molar-refractivity contribution in [2.75, 3.05) is 7.11 Å². The van der Waals surface area contributed by atoms with Crippen LogP contribution in [0.5, 0.6) is 5.75 Å². The van der Waals surface area contributed by atoms with Crippen LogP contribution < -0.4 is 4.74 Å². The average molecular weight is 283 g/mol. The molecule has 0 saturated heterocycles. The van der Waals surface area contributed by atoms with Gasteiger partial charge in [0.25, 0.3) is 5.92 Å². The third kappa shape index (κ3) is 2.61. The molecule has 0 bridgehead atoms. The molecule has 1 N–H and O–H groups in total. The second kappa shape index (κ2) is 4.92. The van der Waals surface area contributed by atoms with Gasteiger partial charge in [-0.15, -0.1) is 0 Å². The Morgan fingerprint density at radius 2 is 2.10 bits per heavy atom. The van der Waals surface area contributed by atoms with Crippen LogP contribution in [0.15, 0.2) is 28.8 Å². The van der Waals surface area contributed by atoms with Crippen LogP contribution in [0, 0.1) is 0 Å². The molecule has 1 aromatic heterocycles. The molecule has 20 heavy (non-hydrogen) atoms. The summed E-state index contributed by atoms with van der Waals surface area (Å²) in [6.45, 7) is 0.766. The standard InChI is InChI=1S/C13H11F2NO4/c1-13(14,15)7-3-4-10(19-2)8(5-7)11-6-9(12(17)18)16-20-11/h3-6H,1-2H3,(H,17,18). The molecule has 7 heteroatoms. The number of rotatable bonds is 4. The average Bonchev–Trinajstić information content (AvgIpc) is 2.86. The van der Waals surface area contributed by atoms with Crippen molar-refractivity contribution < 1.29 is 27.9 Å². The summed E-state index contributed by atoms with van der Waals surface area (Å²) in [4.78, 5) is 10.8. The van der Waals surface area contributed by atoms with Crippen molar-refractivity contribution in [3.05, 3.63) is 35.5 Å². The first kappa shape index (κ1) is 14.0. The van der Waals surface area contributed by atoms with Crippen molar-refractivity contribution in [2.45, 2.75) is 12.8 Å². The number of aromatic carboxylic acids is 1. The number of ether oxygens (including phenoxy) is 1. The molecule has 0 aliphatic rings. The molecule has 106 valence electrons. The van der Waals surface area contributed by atoms with Crippen LogP contribution in [-0.4, -0.2) is 23.3 Å². The van der Waals surface area contributed by atoms with Crippen molar-refractivity contribution in [2.24, 2.45) is 0 Å². The van der Waals surface area contributed by atoms with Gasteiger partial charge in [0.05, 0.1) is 12.7 Å². The molecule has 0 saturated carbocycles. The first-order valence-electron chi connectivity index (χ1n) is 5.59. The van der Waals surface area contributed by atoms with E-state index in [0.29, 0.717) is 0 Å². The SMILES string of the molecule is COc1ccc(C(C)(F)F)cc1-c1cc(C(=O)O)no1. The Hall–Kier alpha value is -2.44. The fraction of sp³-hybridized carbons (Fsp3) is 0.231. The minimum atomic E-state index is -3.03. The summed E-state index contributed by atoms with van der Waals surface area (Å²) in [5.74, 6) is -3.97. The van der Waals surface area contributed by atoms with E-state index in [0.717, 1.165) is 13.0 Å². The van der Waals surface area contributed by atoms with E-state index in [1.54, 1.807) is 0 Å². The maximum Gasteiger partial charge on any atom is 0.358 e. The number of carboxylic acid groups (broad SMARTS) is 1. The number of carboxylic acids is 1. The van der Waals surface area contributed by atoms with Crippen LogP contribution in [0.4, 0.5) is 8.78 Å². The van der Waals surface area contributed by atoms with Gasteiger partial charge in [-0.1, -0.05) is 5.16 Å². The number of carbonyl (C=O) groups is 1. The highest BCUT2D eigenvalue weighted by Gasteiger charge is 2.26. The second-order valence-corrected chi connectivity index (χ2v) is 4.18. The van der Waals surface area contributed by atoms with Gasteiger partial charge >= 0.3 is 5.97 Å². The van der Waals surface area contributed by atoms with Gasteiger partial charge in [-0.05, 0) is 18.2 Å². The van der Waals surface area contributed by atoms with Gasteiger partial charge in [0, 0.05) is 18.6 Å². The highest BCUT2D eigenvalue weighted by Crippen LogP contribution is 2.36. The summed E-state index contributed by atoms with van der Waals surface area (Å²) in [7, 11) is 1.37. The Morgan fingerprint density at radius 1 is 1.40 bits per heavy atom. The molecule has 0 spiro atoms. The van der Waals surface area contributed by atoms with Crippen molar-refractivity contribution >= 4 is 5.97 Å². The van der Waals surface area contributed by atoms with E-state index in [1.165, 1.54) is 25.3 Å². The van der Waals surface area contributed by atoms with Gasteiger partial charge in [-0.2, -0.15) is 0 Å². The molecule has 0 aliphatic heterocycles. The quantitative estimate of drug-likeness (QED) is 0.933. The molecule has 0 fully saturated rings. The van der Waals surface area contributed by atoms with Gasteiger partial charge in [0.1, 0.15) is 5.75 Å².